The molecular weight excluding hydrogens is 492 g/mol. The van der Waals surface area contributed by atoms with Crippen LogP contribution in [0.4, 0.5) is 5.82 Å². The Morgan fingerprint density at radius 2 is 1.90 bits per heavy atom. The fraction of sp³-hybridized carbons (Fsp3) is 0.300. The molecule has 2 fully saturated rings. The van der Waals surface area contributed by atoms with Gasteiger partial charge in [0.25, 0.3) is 0 Å². The topological polar surface area (TPSA) is 116 Å². The van der Waals surface area contributed by atoms with Crippen LogP contribution in [0, 0.1) is 0 Å². The zero-order valence-corrected chi connectivity index (χ0v) is 21.6. The highest BCUT2D eigenvalue weighted by molar-refractivity contribution is 5.98. The van der Waals surface area contributed by atoms with Gasteiger partial charge in [-0.25, -0.2) is 9.97 Å². The van der Waals surface area contributed by atoms with Crippen molar-refractivity contribution in [2.75, 3.05) is 25.4 Å². The summed E-state index contributed by atoms with van der Waals surface area (Å²) in [4.78, 5) is 40.3. The van der Waals surface area contributed by atoms with Crippen LogP contribution in [0.1, 0.15) is 47.1 Å². The van der Waals surface area contributed by atoms with E-state index in [1.807, 2.05) is 58.0 Å². The molecule has 3 aromatic heterocycles. The fourth-order valence-corrected chi connectivity index (χ4v) is 5.78. The average molecular weight is 523 g/mol. The minimum atomic E-state index is -0.261. The van der Waals surface area contributed by atoms with Gasteiger partial charge in [-0.3, -0.25) is 19.0 Å². The van der Waals surface area contributed by atoms with Crippen LogP contribution in [0.25, 0.3) is 16.8 Å². The highest BCUT2D eigenvalue weighted by atomic mass is 16.5. The van der Waals surface area contributed by atoms with Crippen LogP contribution in [-0.2, 0) is 16.0 Å². The third-order valence-electron chi connectivity index (χ3n) is 7.89. The maximum Gasteiger partial charge on any atom is 0.245 e. The monoisotopic (exact) mass is 522 g/mol. The second-order valence-electron chi connectivity index (χ2n) is 10.3. The number of piperidine rings is 1. The van der Waals surface area contributed by atoms with Gasteiger partial charge in [0.1, 0.15) is 22.9 Å². The number of ketones is 1. The number of amides is 1. The summed E-state index contributed by atoms with van der Waals surface area (Å²) < 4.78 is 8.40. The van der Waals surface area contributed by atoms with Gasteiger partial charge in [0.15, 0.2) is 5.78 Å². The van der Waals surface area contributed by atoms with Gasteiger partial charge >= 0.3 is 0 Å². The van der Waals surface area contributed by atoms with E-state index in [0.717, 1.165) is 47.6 Å². The van der Waals surface area contributed by atoms with Gasteiger partial charge in [-0.2, -0.15) is 0 Å². The highest BCUT2D eigenvalue weighted by Gasteiger charge is 2.45. The third-order valence-corrected chi connectivity index (χ3v) is 7.89. The van der Waals surface area contributed by atoms with Crippen molar-refractivity contribution in [3.63, 3.8) is 0 Å². The zero-order chi connectivity index (χ0) is 27.0. The number of Topliss-reactive ketones (excluding diaryl/α,β-unsaturated/α-hetero) is 1. The number of ether oxygens (including phenoxy) is 1. The van der Waals surface area contributed by atoms with Crippen LogP contribution >= 0.6 is 0 Å². The van der Waals surface area contributed by atoms with Crippen molar-refractivity contribution in [1.82, 2.24) is 24.3 Å². The van der Waals surface area contributed by atoms with Crippen molar-refractivity contribution in [1.29, 1.82) is 0 Å². The summed E-state index contributed by atoms with van der Waals surface area (Å²) in [5.41, 5.74) is 9.78. The summed E-state index contributed by atoms with van der Waals surface area (Å²) in [5.74, 6) is 1.33. The first-order chi connectivity index (χ1) is 19.0. The molecule has 6 rings (SSSR count). The molecule has 0 bridgehead atoms. The lowest BCUT2D eigenvalue weighted by Crippen LogP contribution is -2.45. The molecule has 2 aliphatic heterocycles. The first-order valence-corrected chi connectivity index (χ1v) is 13.2. The molecule has 2 saturated heterocycles. The summed E-state index contributed by atoms with van der Waals surface area (Å²) in [6, 6.07) is 13.0. The SMILES string of the molecule is C=CC(=O)N1CCC2(CC1)CC(c1nc(-c3ccc(C(=O)Cc4ccccn4)cc3)c3c(N)nccn13)CO2. The van der Waals surface area contributed by atoms with E-state index in [9.17, 15) is 9.59 Å². The Bertz CT molecular complexity index is 1540. The number of nitrogens with zero attached hydrogens (tertiary/aromatic N) is 5. The second kappa shape index (κ2) is 10.1. The van der Waals surface area contributed by atoms with Gasteiger partial charge in [-0.05, 0) is 37.5 Å². The maximum absolute atomic E-state index is 12.8. The summed E-state index contributed by atoms with van der Waals surface area (Å²) in [7, 11) is 0. The number of aromatic nitrogens is 4. The average Bonchev–Trinajstić information content (AvgIpc) is 3.56. The molecule has 0 saturated carbocycles. The molecule has 1 aromatic carbocycles. The largest absolute Gasteiger partial charge is 0.382 e. The fourth-order valence-electron chi connectivity index (χ4n) is 5.78. The van der Waals surface area contributed by atoms with Crippen LogP contribution in [0.3, 0.4) is 0 Å². The van der Waals surface area contributed by atoms with E-state index in [-0.39, 0.29) is 29.6 Å². The van der Waals surface area contributed by atoms with E-state index in [0.29, 0.717) is 31.1 Å². The number of hydrogen-bond acceptors (Lipinski definition) is 7. The Morgan fingerprint density at radius 3 is 2.62 bits per heavy atom. The Hall–Kier alpha value is -4.37. The number of nitrogens with two attached hydrogens (primary N) is 1. The van der Waals surface area contributed by atoms with Crippen molar-refractivity contribution >= 4 is 23.0 Å². The minimum absolute atomic E-state index is 0.00561. The van der Waals surface area contributed by atoms with Crippen molar-refractivity contribution < 1.29 is 14.3 Å². The lowest BCUT2D eigenvalue weighted by Gasteiger charge is -2.38. The van der Waals surface area contributed by atoms with Gasteiger partial charge in [0, 0.05) is 54.4 Å². The molecule has 2 N–H and O–H groups in total. The molecule has 5 heterocycles. The molecule has 9 heteroatoms. The molecule has 2 aliphatic rings. The van der Waals surface area contributed by atoms with Crippen LogP contribution in [0.2, 0.25) is 0 Å². The van der Waals surface area contributed by atoms with Crippen molar-refractivity contribution in [3.8, 4) is 11.3 Å². The number of rotatable bonds is 6. The van der Waals surface area contributed by atoms with E-state index in [2.05, 4.69) is 16.5 Å². The Labute approximate surface area is 226 Å². The molecular formula is C30H30N6O3. The van der Waals surface area contributed by atoms with Gasteiger partial charge in [-0.15, -0.1) is 0 Å². The summed E-state index contributed by atoms with van der Waals surface area (Å²) in [6.07, 6.45) is 9.28. The molecule has 1 atom stereocenters. The van der Waals surface area contributed by atoms with Crippen LogP contribution in [0.5, 0.6) is 0 Å². The number of hydrogen-bond donors (Lipinski definition) is 1. The summed E-state index contributed by atoms with van der Waals surface area (Å²) >= 11 is 0. The van der Waals surface area contributed by atoms with Crippen LogP contribution < -0.4 is 5.73 Å². The van der Waals surface area contributed by atoms with Gasteiger partial charge in [0.2, 0.25) is 5.91 Å². The summed E-state index contributed by atoms with van der Waals surface area (Å²) in [5, 5.41) is 0. The quantitative estimate of drug-likeness (QED) is 0.302. The van der Waals surface area contributed by atoms with Crippen LogP contribution in [0.15, 0.2) is 73.7 Å². The lowest BCUT2D eigenvalue weighted by molar-refractivity contribution is -0.130. The minimum Gasteiger partial charge on any atom is -0.382 e. The molecule has 39 heavy (non-hydrogen) atoms. The number of anilines is 1. The highest BCUT2D eigenvalue weighted by Crippen LogP contribution is 2.43. The number of pyridine rings is 1. The standard InChI is InChI=1S/C30H30N6O3/c1-2-25(38)35-14-10-30(11-15-35)18-22(19-39-30)29-34-26(27-28(31)33-13-16-36(27)29)21-8-6-20(7-9-21)24(37)17-23-5-3-4-12-32-23/h2-9,12-13,16,22H,1,10-11,14-15,17-19H2,(H2,31,33). The predicted octanol–water partition coefficient (Wildman–Crippen LogP) is 3.85. The van der Waals surface area contributed by atoms with E-state index in [1.165, 1.54) is 6.08 Å². The number of carbonyl (C=O) groups excluding carboxylic acids is 2. The number of nitrogen functional groups attached to an aromatic ring is 1. The summed E-state index contributed by atoms with van der Waals surface area (Å²) in [6.45, 7) is 5.48. The predicted molar refractivity (Wildman–Crippen MR) is 147 cm³/mol. The lowest BCUT2D eigenvalue weighted by atomic mass is 9.85. The Morgan fingerprint density at radius 1 is 1.10 bits per heavy atom. The molecule has 9 nitrogen and oxygen atoms in total. The first kappa shape index (κ1) is 24.9. The van der Waals surface area contributed by atoms with Gasteiger partial charge in [0.05, 0.1) is 18.6 Å². The van der Waals surface area contributed by atoms with E-state index < -0.39 is 0 Å². The Balaban J connectivity index is 1.26. The van der Waals surface area contributed by atoms with E-state index in [4.69, 9.17) is 15.5 Å². The van der Waals surface area contributed by atoms with Gasteiger partial charge in [-0.1, -0.05) is 36.9 Å². The normalized spacial score (nSPS) is 18.5. The Kier molecular flexibility index (Phi) is 6.44. The van der Waals surface area contributed by atoms with E-state index in [1.54, 1.807) is 12.4 Å². The maximum atomic E-state index is 12.8. The first-order valence-electron chi connectivity index (χ1n) is 13.2. The van der Waals surface area contributed by atoms with Gasteiger partial charge < -0.3 is 15.4 Å². The smallest absolute Gasteiger partial charge is 0.245 e. The van der Waals surface area contributed by atoms with Crippen LogP contribution in [-0.4, -0.2) is 61.2 Å². The second-order valence-corrected chi connectivity index (χ2v) is 10.3. The molecule has 198 valence electrons. The van der Waals surface area contributed by atoms with Crippen molar-refractivity contribution in [2.45, 2.75) is 37.2 Å². The number of likely N-dealkylation sites (tertiary alicyclic amines) is 1. The van der Waals surface area contributed by atoms with Crippen molar-refractivity contribution in [3.05, 3.63) is 90.8 Å². The number of imidazole rings is 1. The number of fused-ring (bicyclic) bond motifs is 1. The third kappa shape index (κ3) is 4.70. The molecule has 1 spiro atoms. The molecule has 0 radical (unpaired) electrons. The molecule has 4 aromatic rings. The number of benzene rings is 1. The van der Waals surface area contributed by atoms with Crippen molar-refractivity contribution in [2.24, 2.45) is 0 Å². The molecule has 0 aliphatic carbocycles. The molecule has 1 unspecified atom stereocenters. The number of carbonyl (C=O) groups is 2. The molecule has 1 amide bonds. The van der Waals surface area contributed by atoms with E-state index >= 15 is 0 Å². The zero-order valence-electron chi connectivity index (χ0n) is 21.6.